The number of ether oxygens (including phenoxy) is 1. The van der Waals surface area contributed by atoms with Crippen LogP contribution in [0, 0.1) is 13.8 Å². The van der Waals surface area contributed by atoms with Crippen LogP contribution in [0.1, 0.15) is 38.8 Å². The van der Waals surface area contributed by atoms with Crippen molar-refractivity contribution in [3.8, 4) is 0 Å². The van der Waals surface area contributed by atoms with Crippen LogP contribution in [0.2, 0.25) is 0 Å². The number of hydrogen-bond donors (Lipinski definition) is 1. The molecule has 1 heterocycles. The molecule has 0 atom stereocenters. The van der Waals surface area contributed by atoms with E-state index in [1.807, 2.05) is 44.2 Å². The molecule has 168 valence electrons. The molecule has 3 aromatic rings. The van der Waals surface area contributed by atoms with Crippen LogP contribution in [0.4, 0.5) is 11.4 Å². The number of carbonyl (C=O) groups excluding carboxylic acids is 3. The number of amides is 2. The van der Waals surface area contributed by atoms with Crippen LogP contribution in [0.5, 0.6) is 0 Å². The summed E-state index contributed by atoms with van der Waals surface area (Å²) in [4.78, 5) is 41.9. The smallest absolute Gasteiger partial charge is 0.338 e. The summed E-state index contributed by atoms with van der Waals surface area (Å²) >= 11 is 1.43. The predicted molar refractivity (Wildman–Crippen MR) is 129 cm³/mol. The van der Waals surface area contributed by atoms with Crippen molar-refractivity contribution >= 4 is 40.9 Å². The molecular weight excluding hydrogens is 436 g/mol. The maximum atomic E-state index is 13.5. The SMILES string of the molecule is CCOC(=O)c1ccc2c(c1)N(CC(=O)Nc1cc(C)cc(C)c1)C(=O)c1ccccc1S2. The molecule has 1 aliphatic heterocycles. The van der Waals surface area contributed by atoms with Gasteiger partial charge < -0.3 is 10.1 Å². The van der Waals surface area contributed by atoms with Gasteiger partial charge in [0.2, 0.25) is 5.91 Å². The number of hydrogen-bond acceptors (Lipinski definition) is 5. The minimum atomic E-state index is -0.473. The summed E-state index contributed by atoms with van der Waals surface area (Å²) in [6.45, 7) is 5.71. The van der Waals surface area contributed by atoms with E-state index in [1.165, 1.54) is 16.7 Å². The lowest BCUT2D eigenvalue weighted by atomic mass is 10.1. The molecule has 0 radical (unpaired) electrons. The van der Waals surface area contributed by atoms with Crippen molar-refractivity contribution in [1.82, 2.24) is 0 Å². The highest BCUT2D eigenvalue weighted by molar-refractivity contribution is 7.99. The molecular formula is C26H24N2O4S. The maximum absolute atomic E-state index is 13.5. The van der Waals surface area contributed by atoms with Crippen LogP contribution in [-0.2, 0) is 9.53 Å². The molecule has 6 nitrogen and oxygen atoms in total. The van der Waals surface area contributed by atoms with Crippen molar-refractivity contribution in [3.63, 3.8) is 0 Å². The topological polar surface area (TPSA) is 75.7 Å². The van der Waals surface area contributed by atoms with Gasteiger partial charge in [-0.3, -0.25) is 14.5 Å². The quantitative estimate of drug-likeness (QED) is 0.528. The predicted octanol–water partition coefficient (Wildman–Crippen LogP) is 5.23. The Labute approximate surface area is 196 Å². The van der Waals surface area contributed by atoms with E-state index < -0.39 is 5.97 Å². The van der Waals surface area contributed by atoms with Gasteiger partial charge in [-0.15, -0.1) is 0 Å². The largest absolute Gasteiger partial charge is 0.462 e. The van der Waals surface area contributed by atoms with Crippen LogP contribution in [0.15, 0.2) is 70.5 Å². The number of aryl methyl sites for hydroxylation is 2. The fourth-order valence-corrected chi connectivity index (χ4v) is 4.87. The van der Waals surface area contributed by atoms with Gasteiger partial charge in [0.1, 0.15) is 6.54 Å². The fraction of sp³-hybridized carbons (Fsp3) is 0.192. The number of esters is 1. The Balaban J connectivity index is 1.71. The van der Waals surface area contributed by atoms with Gasteiger partial charge in [0.15, 0.2) is 0 Å². The maximum Gasteiger partial charge on any atom is 0.338 e. The molecule has 0 bridgehead atoms. The summed E-state index contributed by atoms with van der Waals surface area (Å²) in [5.41, 5.74) is 4.08. The highest BCUT2D eigenvalue weighted by Gasteiger charge is 2.29. The second kappa shape index (κ2) is 9.50. The van der Waals surface area contributed by atoms with E-state index in [-0.39, 0.29) is 25.0 Å². The van der Waals surface area contributed by atoms with Gasteiger partial charge in [0.25, 0.3) is 5.91 Å². The minimum Gasteiger partial charge on any atom is -0.462 e. The van der Waals surface area contributed by atoms with E-state index in [1.54, 1.807) is 37.3 Å². The van der Waals surface area contributed by atoms with Crippen molar-refractivity contribution in [2.45, 2.75) is 30.6 Å². The summed E-state index contributed by atoms with van der Waals surface area (Å²) in [6.07, 6.45) is 0. The van der Waals surface area contributed by atoms with Crippen molar-refractivity contribution in [3.05, 3.63) is 82.9 Å². The van der Waals surface area contributed by atoms with Gasteiger partial charge in [-0.1, -0.05) is 30.0 Å². The molecule has 0 spiro atoms. The third kappa shape index (κ3) is 4.93. The van der Waals surface area contributed by atoms with E-state index in [0.29, 0.717) is 22.5 Å². The van der Waals surface area contributed by atoms with Gasteiger partial charge in [-0.25, -0.2) is 4.79 Å². The molecule has 0 aliphatic carbocycles. The van der Waals surface area contributed by atoms with Crippen LogP contribution in [0.25, 0.3) is 0 Å². The number of benzene rings is 3. The van der Waals surface area contributed by atoms with Crippen LogP contribution in [0.3, 0.4) is 0 Å². The zero-order valence-corrected chi connectivity index (χ0v) is 19.5. The van der Waals surface area contributed by atoms with E-state index >= 15 is 0 Å². The fourth-order valence-electron chi connectivity index (χ4n) is 3.81. The van der Waals surface area contributed by atoms with Gasteiger partial charge in [0.05, 0.1) is 23.4 Å². The average molecular weight is 461 g/mol. The first-order valence-electron chi connectivity index (χ1n) is 10.6. The molecule has 0 saturated heterocycles. The van der Waals surface area contributed by atoms with Crippen molar-refractivity contribution in [1.29, 1.82) is 0 Å². The van der Waals surface area contributed by atoms with Crippen molar-refractivity contribution in [2.24, 2.45) is 0 Å². The average Bonchev–Trinajstić information content (AvgIpc) is 2.88. The van der Waals surface area contributed by atoms with Crippen molar-refractivity contribution in [2.75, 3.05) is 23.4 Å². The molecule has 2 amide bonds. The summed E-state index contributed by atoms with van der Waals surface area (Å²) in [5.74, 6) is -1.10. The molecule has 0 unspecified atom stereocenters. The summed E-state index contributed by atoms with van der Waals surface area (Å²) in [5, 5.41) is 2.89. The Hall–Kier alpha value is -3.58. The Bertz CT molecular complexity index is 1230. The highest BCUT2D eigenvalue weighted by atomic mass is 32.2. The molecule has 1 aliphatic rings. The van der Waals surface area contributed by atoms with E-state index in [9.17, 15) is 14.4 Å². The third-order valence-corrected chi connectivity index (χ3v) is 6.29. The van der Waals surface area contributed by atoms with E-state index in [0.717, 1.165) is 20.9 Å². The van der Waals surface area contributed by atoms with Crippen LogP contribution in [-0.4, -0.2) is 30.9 Å². The van der Waals surface area contributed by atoms with Gasteiger partial charge in [0, 0.05) is 15.5 Å². The van der Waals surface area contributed by atoms with Crippen molar-refractivity contribution < 1.29 is 19.1 Å². The first kappa shape index (κ1) is 22.6. The second-order valence-corrected chi connectivity index (χ2v) is 8.90. The monoisotopic (exact) mass is 460 g/mol. The van der Waals surface area contributed by atoms with Gasteiger partial charge in [-0.2, -0.15) is 0 Å². The Kier molecular flexibility index (Phi) is 6.51. The van der Waals surface area contributed by atoms with E-state index in [4.69, 9.17) is 4.74 Å². The number of rotatable bonds is 5. The van der Waals surface area contributed by atoms with E-state index in [2.05, 4.69) is 5.32 Å². The van der Waals surface area contributed by atoms with Crippen LogP contribution < -0.4 is 10.2 Å². The zero-order chi connectivity index (χ0) is 23.5. The number of carbonyl (C=O) groups is 3. The Morgan fingerprint density at radius 3 is 2.42 bits per heavy atom. The molecule has 1 N–H and O–H groups in total. The second-order valence-electron chi connectivity index (χ2n) is 7.82. The van der Waals surface area contributed by atoms with Crippen LogP contribution >= 0.6 is 11.8 Å². The molecule has 7 heteroatoms. The first-order valence-corrected chi connectivity index (χ1v) is 11.5. The zero-order valence-electron chi connectivity index (χ0n) is 18.7. The lowest BCUT2D eigenvalue weighted by Crippen LogP contribution is -2.38. The summed E-state index contributed by atoms with van der Waals surface area (Å²) < 4.78 is 5.13. The van der Waals surface area contributed by atoms with Gasteiger partial charge >= 0.3 is 5.97 Å². The normalized spacial score (nSPS) is 12.5. The molecule has 0 aromatic heterocycles. The molecule has 0 fully saturated rings. The first-order chi connectivity index (χ1) is 15.9. The molecule has 33 heavy (non-hydrogen) atoms. The lowest BCUT2D eigenvalue weighted by Gasteiger charge is -2.23. The third-order valence-electron chi connectivity index (χ3n) is 5.15. The number of nitrogens with one attached hydrogen (secondary N) is 1. The number of nitrogens with zero attached hydrogens (tertiary/aromatic N) is 1. The lowest BCUT2D eigenvalue weighted by molar-refractivity contribution is -0.114. The number of fused-ring (bicyclic) bond motifs is 2. The molecule has 3 aromatic carbocycles. The molecule has 4 rings (SSSR count). The number of anilines is 2. The van der Waals surface area contributed by atoms with Gasteiger partial charge in [-0.05, 0) is 74.4 Å². The Morgan fingerprint density at radius 2 is 1.70 bits per heavy atom. The summed E-state index contributed by atoms with van der Waals surface area (Å²) in [6, 6.07) is 18.2. The standard InChI is InChI=1S/C26H24N2O4S/c1-4-32-26(31)18-9-10-23-21(14-18)28(25(30)20-7-5-6-8-22(20)33-23)15-24(29)27-19-12-16(2)11-17(3)13-19/h5-14H,4,15H2,1-3H3,(H,27,29). The minimum absolute atomic E-state index is 0.194. The molecule has 0 saturated carbocycles. The Morgan fingerprint density at radius 1 is 0.970 bits per heavy atom. The summed E-state index contributed by atoms with van der Waals surface area (Å²) in [7, 11) is 0. The highest BCUT2D eigenvalue weighted by Crippen LogP contribution is 2.41.